The van der Waals surface area contributed by atoms with E-state index in [1.807, 2.05) is 30.3 Å². The van der Waals surface area contributed by atoms with Crippen LogP contribution in [0.2, 0.25) is 0 Å². The van der Waals surface area contributed by atoms with Crippen molar-refractivity contribution in [1.29, 1.82) is 0 Å². The Morgan fingerprint density at radius 1 is 1.27 bits per heavy atom. The molecular formula is C11H13N3O. The van der Waals surface area contributed by atoms with E-state index >= 15 is 0 Å². The normalized spacial score (nSPS) is 16.5. The van der Waals surface area contributed by atoms with Crippen LogP contribution in [0.4, 0.5) is 5.69 Å². The first-order chi connectivity index (χ1) is 7.31. The first-order valence-corrected chi connectivity index (χ1v) is 4.95. The summed E-state index contributed by atoms with van der Waals surface area (Å²) in [6, 6.07) is 9.40. The molecule has 15 heavy (non-hydrogen) atoms. The van der Waals surface area contributed by atoms with E-state index in [2.05, 4.69) is 5.10 Å². The Labute approximate surface area is 88.4 Å². The highest BCUT2D eigenvalue weighted by molar-refractivity contribution is 6.02. The van der Waals surface area contributed by atoms with E-state index in [-0.39, 0.29) is 5.91 Å². The van der Waals surface area contributed by atoms with Crippen LogP contribution < -0.4 is 10.7 Å². The number of benzene rings is 1. The summed E-state index contributed by atoms with van der Waals surface area (Å²) in [6.45, 7) is 0.413. The molecule has 0 aromatic heterocycles. The fourth-order valence-electron chi connectivity index (χ4n) is 1.52. The van der Waals surface area contributed by atoms with E-state index in [4.69, 9.17) is 5.73 Å². The molecule has 2 N–H and O–H groups in total. The number of hydrogen-bond donors (Lipinski definition) is 1. The molecule has 4 nitrogen and oxygen atoms in total. The summed E-state index contributed by atoms with van der Waals surface area (Å²) in [5, 5.41) is 5.66. The minimum Gasteiger partial charge on any atom is -0.325 e. The van der Waals surface area contributed by atoms with Gasteiger partial charge in [-0.25, -0.2) is 5.01 Å². The maximum atomic E-state index is 11.6. The van der Waals surface area contributed by atoms with Gasteiger partial charge in [-0.15, -0.1) is 0 Å². The molecule has 0 aliphatic carbocycles. The lowest BCUT2D eigenvalue weighted by molar-refractivity contribution is -0.118. The highest BCUT2D eigenvalue weighted by atomic mass is 16.2. The Bertz CT molecular complexity index is 386. The lowest BCUT2D eigenvalue weighted by atomic mass is 10.1. The minimum atomic E-state index is 0.0263. The van der Waals surface area contributed by atoms with Crippen molar-refractivity contribution >= 4 is 17.3 Å². The van der Waals surface area contributed by atoms with E-state index in [1.165, 1.54) is 5.01 Å². The van der Waals surface area contributed by atoms with Crippen molar-refractivity contribution < 1.29 is 4.79 Å². The number of amides is 1. The Morgan fingerprint density at radius 2 is 2.00 bits per heavy atom. The van der Waals surface area contributed by atoms with Gasteiger partial charge >= 0.3 is 0 Å². The summed E-state index contributed by atoms with van der Waals surface area (Å²) in [4.78, 5) is 11.6. The van der Waals surface area contributed by atoms with Crippen molar-refractivity contribution in [2.45, 2.75) is 12.8 Å². The van der Waals surface area contributed by atoms with Crippen LogP contribution in [0.15, 0.2) is 35.4 Å². The summed E-state index contributed by atoms with van der Waals surface area (Å²) >= 11 is 0. The molecule has 0 saturated carbocycles. The molecule has 1 aliphatic rings. The maximum Gasteiger partial charge on any atom is 0.247 e. The third-order valence-corrected chi connectivity index (χ3v) is 2.34. The molecule has 0 unspecified atom stereocenters. The zero-order valence-corrected chi connectivity index (χ0v) is 8.39. The zero-order chi connectivity index (χ0) is 10.7. The third-order valence-electron chi connectivity index (χ3n) is 2.34. The zero-order valence-electron chi connectivity index (χ0n) is 8.39. The van der Waals surface area contributed by atoms with Gasteiger partial charge in [0.1, 0.15) is 0 Å². The number of hydrazone groups is 1. The number of carbonyl (C=O) groups excluding carboxylic acids is 1. The monoisotopic (exact) mass is 203 g/mol. The van der Waals surface area contributed by atoms with Crippen LogP contribution in [0, 0.1) is 0 Å². The summed E-state index contributed by atoms with van der Waals surface area (Å²) in [7, 11) is 0. The lowest BCUT2D eigenvalue weighted by Gasteiger charge is -2.22. The second-order valence-electron chi connectivity index (χ2n) is 3.41. The summed E-state index contributed by atoms with van der Waals surface area (Å²) in [5.41, 5.74) is 7.19. The topological polar surface area (TPSA) is 58.7 Å². The van der Waals surface area contributed by atoms with Gasteiger partial charge in [-0.2, -0.15) is 5.10 Å². The van der Waals surface area contributed by atoms with Crippen LogP contribution in [0.25, 0.3) is 0 Å². The number of nitrogens with two attached hydrogens (primary N) is 1. The van der Waals surface area contributed by atoms with Gasteiger partial charge in [-0.1, -0.05) is 18.2 Å². The number of para-hydroxylation sites is 1. The van der Waals surface area contributed by atoms with Crippen molar-refractivity contribution in [3.63, 3.8) is 0 Å². The van der Waals surface area contributed by atoms with Crippen LogP contribution in [-0.2, 0) is 4.79 Å². The molecule has 0 fully saturated rings. The van der Waals surface area contributed by atoms with Gasteiger partial charge in [0.15, 0.2) is 0 Å². The molecule has 1 heterocycles. The molecule has 1 aromatic carbocycles. The van der Waals surface area contributed by atoms with Crippen molar-refractivity contribution in [2.75, 3.05) is 11.6 Å². The molecule has 2 rings (SSSR count). The molecule has 4 heteroatoms. The highest BCUT2D eigenvalue weighted by Gasteiger charge is 2.20. The minimum absolute atomic E-state index is 0.0263. The standard InChI is InChI=1S/C11H13N3O/c12-8-9-6-7-11(15)14(13-9)10-4-2-1-3-5-10/h1-5H,6-8,12H2. The van der Waals surface area contributed by atoms with Gasteiger partial charge in [0, 0.05) is 13.0 Å². The molecule has 1 aromatic rings. The van der Waals surface area contributed by atoms with Crippen molar-refractivity contribution in [1.82, 2.24) is 0 Å². The number of carbonyl (C=O) groups is 1. The molecule has 0 spiro atoms. The van der Waals surface area contributed by atoms with Gasteiger partial charge in [-0.05, 0) is 18.6 Å². The molecular weight excluding hydrogens is 190 g/mol. The van der Waals surface area contributed by atoms with Crippen LogP contribution >= 0.6 is 0 Å². The fraction of sp³-hybridized carbons (Fsp3) is 0.273. The van der Waals surface area contributed by atoms with Crippen LogP contribution in [0.5, 0.6) is 0 Å². The second-order valence-corrected chi connectivity index (χ2v) is 3.41. The molecule has 1 amide bonds. The fourth-order valence-corrected chi connectivity index (χ4v) is 1.52. The highest BCUT2D eigenvalue weighted by Crippen LogP contribution is 2.19. The van der Waals surface area contributed by atoms with E-state index in [0.29, 0.717) is 19.4 Å². The summed E-state index contributed by atoms with van der Waals surface area (Å²) in [5.74, 6) is 0.0263. The SMILES string of the molecule is NCC1=NN(c2ccccc2)C(=O)CC1. The molecule has 0 radical (unpaired) electrons. The van der Waals surface area contributed by atoms with Crippen molar-refractivity contribution in [3.05, 3.63) is 30.3 Å². The van der Waals surface area contributed by atoms with Crippen molar-refractivity contribution in [3.8, 4) is 0 Å². The van der Waals surface area contributed by atoms with E-state index < -0.39 is 0 Å². The Kier molecular flexibility index (Phi) is 2.78. The summed E-state index contributed by atoms with van der Waals surface area (Å²) in [6.07, 6.45) is 1.17. The van der Waals surface area contributed by atoms with Gasteiger partial charge in [0.25, 0.3) is 0 Å². The first-order valence-electron chi connectivity index (χ1n) is 4.95. The summed E-state index contributed by atoms with van der Waals surface area (Å²) < 4.78 is 0. The smallest absolute Gasteiger partial charge is 0.247 e. The Morgan fingerprint density at radius 3 is 2.67 bits per heavy atom. The number of anilines is 1. The predicted molar refractivity (Wildman–Crippen MR) is 59.7 cm³/mol. The quantitative estimate of drug-likeness (QED) is 0.783. The molecule has 1 aliphatic heterocycles. The largest absolute Gasteiger partial charge is 0.325 e. The maximum absolute atomic E-state index is 11.6. The predicted octanol–water partition coefficient (Wildman–Crippen LogP) is 1.13. The van der Waals surface area contributed by atoms with Crippen LogP contribution in [-0.4, -0.2) is 18.2 Å². The molecule has 0 saturated heterocycles. The molecule has 0 bridgehead atoms. The average molecular weight is 203 g/mol. The van der Waals surface area contributed by atoms with Crippen LogP contribution in [0.1, 0.15) is 12.8 Å². The first kappa shape index (κ1) is 9.86. The lowest BCUT2D eigenvalue weighted by Crippen LogP contribution is -2.33. The van der Waals surface area contributed by atoms with Gasteiger partial charge in [0.2, 0.25) is 5.91 Å². The van der Waals surface area contributed by atoms with E-state index in [9.17, 15) is 4.79 Å². The van der Waals surface area contributed by atoms with Gasteiger partial charge in [0.05, 0.1) is 11.4 Å². The van der Waals surface area contributed by atoms with Gasteiger partial charge in [-0.3, -0.25) is 4.79 Å². The average Bonchev–Trinajstić information content (AvgIpc) is 2.31. The molecule has 0 atom stereocenters. The Balaban J connectivity index is 2.31. The van der Waals surface area contributed by atoms with E-state index in [1.54, 1.807) is 0 Å². The van der Waals surface area contributed by atoms with Gasteiger partial charge < -0.3 is 5.73 Å². The van der Waals surface area contributed by atoms with E-state index in [0.717, 1.165) is 11.4 Å². The molecule has 78 valence electrons. The second kappa shape index (κ2) is 4.23. The number of nitrogens with zero attached hydrogens (tertiary/aromatic N) is 2. The third kappa shape index (κ3) is 2.05. The van der Waals surface area contributed by atoms with Crippen LogP contribution in [0.3, 0.4) is 0 Å². The number of hydrogen-bond acceptors (Lipinski definition) is 3. The number of rotatable bonds is 2. The van der Waals surface area contributed by atoms with Crippen molar-refractivity contribution in [2.24, 2.45) is 10.8 Å². The Hall–Kier alpha value is -1.68.